The van der Waals surface area contributed by atoms with Crippen LogP contribution in [0.25, 0.3) is 0 Å². The molecule has 0 aliphatic heterocycles. The average Bonchev–Trinajstić information content (AvgIpc) is 2.49. The summed E-state index contributed by atoms with van der Waals surface area (Å²) in [5, 5.41) is 0.343. The van der Waals surface area contributed by atoms with Gasteiger partial charge in [0.2, 0.25) is 0 Å². The van der Waals surface area contributed by atoms with Crippen LogP contribution < -0.4 is 0 Å². The fourth-order valence-electron chi connectivity index (χ4n) is 1.78. The molecule has 4 nitrogen and oxygen atoms in total. The highest BCUT2D eigenvalue weighted by atomic mass is 32.7. The fourth-order valence-corrected chi connectivity index (χ4v) is 6.97. The molecule has 0 heterocycles. The standard InChI is InChI=1S/C16H28N3OPS/c1-7-15(4)22-21(20,18(5)6)19(8-2)13-17-16-11-9-14(3)10-12-16/h9-13,15H,7-8H2,1-6H3. The van der Waals surface area contributed by atoms with E-state index in [0.29, 0.717) is 11.8 Å². The van der Waals surface area contributed by atoms with Crippen molar-refractivity contribution in [1.82, 2.24) is 9.34 Å². The quantitative estimate of drug-likeness (QED) is 0.371. The summed E-state index contributed by atoms with van der Waals surface area (Å²) in [4.78, 5) is 4.49. The fraction of sp³-hybridized carbons (Fsp3) is 0.562. The predicted octanol–water partition coefficient (Wildman–Crippen LogP) is 5.18. The van der Waals surface area contributed by atoms with Gasteiger partial charge in [0.1, 0.15) is 0 Å². The molecular weight excluding hydrogens is 313 g/mol. The predicted molar refractivity (Wildman–Crippen MR) is 100 cm³/mol. The Kier molecular flexibility index (Phi) is 7.67. The molecule has 0 aromatic heterocycles. The van der Waals surface area contributed by atoms with Gasteiger partial charge in [-0.1, -0.05) is 42.9 Å². The van der Waals surface area contributed by atoms with Crippen molar-refractivity contribution >= 4 is 30.1 Å². The first-order chi connectivity index (χ1) is 10.3. The number of hydrogen-bond donors (Lipinski definition) is 0. The molecule has 1 aromatic carbocycles. The topological polar surface area (TPSA) is 35.9 Å². The Labute approximate surface area is 139 Å². The van der Waals surface area contributed by atoms with E-state index in [1.54, 1.807) is 17.7 Å². The second-order valence-electron chi connectivity index (χ2n) is 5.50. The third-order valence-electron chi connectivity index (χ3n) is 3.42. The number of aliphatic imine (C=N–C) groups is 1. The molecule has 0 saturated heterocycles. The van der Waals surface area contributed by atoms with Gasteiger partial charge in [0.05, 0.1) is 12.0 Å². The summed E-state index contributed by atoms with van der Waals surface area (Å²) in [6.45, 7) is 6.27. The van der Waals surface area contributed by atoms with Crippen LogP contribution in [-0.2, 0) is 4.57 Å². The minimum absolute atomic E-state index is 0.343. The molecule has 6 heteroatoms. The van der Waals surface area contributed by atoms with Crippen molar-refractivity contribution in [2.75, 3.05) is 20.6 Å². The van der Waals surface area contributed by atoms with E-state index in [-0.39, 0.29) is 0 Å². The molecule has 1 aromatic rings. The minimum Gasteiger partial charge on any atom is -0.294 e. The smallest absolute Gasteiger partial charge is 0.294 e. The lowest BCUT2D eigenvalue weighted by molar-refractivity contribution is 0.480. The first-order valence-electron chi connectivity index (χ1n) is 7.67. The molecule has 22 heavy (non-hydrogen) atoms. The van der Waals surface area contributed by atoms with Crippen LogP contribution in [0.3, 0.4) is 0 Å². The maximum absolute atomic E-state index is 13.4. The van der Waals surface area contributed by atoms with Gasteiger partial charge in [-0.15, -0.1) is 0 Å². The van der Waals surface area contributed by atoms with Crippen LogP contribution in [0.4, 0.5) is 5.69 Å². The zero-order valence-corrected chi connectivity index (χ0v) is 16.2. The minimum atomic E-state index is -2.69. The molecule has 124 valence electrons. The van der Waals surface area contributed by atoms with Gasteiger partial charge < -0.3 is 0 Å². The van der Waals surface area contributed by atoms with Gasteiger partial charge >= 0.3 is 0 Å². The zero-order valence-electron chi connectivity index (χ0n) is 14.5. The van der Waals surface area contributed by atoms with Crippen molar-refractivity contribution in [2.45, 2.75) is 39.4 Å². The second-order valence-corrected chi connectivity index (χ2v) is 10.9. The van der Waals surface area contributed by atoms with E-state index < -0.39 is 6.65 Å². The first kappa shape index (κ1) is 19.3. The van der Waals surface area contributed by atoms with E-state index >= 15 is 0 Å². The maximum Gasteiger partial charge on any atom is 0.295 e. The number of benzene rings is 1. The van der Waals surface area contributed by atoms with Crippen molar-refractivity contribution in [1.29, 1.82) is 0 Å². The van der Waals surface area contributed by atoms with E-state index in [0.717, 1.165) is 12.1 Å². The number of nitrogens with zero attached hydrogens (tertiary/aromatic N) is 3. The molecule has 2 unspecified atom stereocenters. The lowest BCUT2D eigenvalue weighted by atomic mass is 10.2. The molecule has 0 saturated carbocycles. The Hall–Kier alpha value is -0.770. The van der Waals surface area contributed by atoms with Crippen LogP contribution in [0.5, 0.6) is 0 Å². The summed E-state index contributed by atoms with van der Waals surface area (Å²) in [6, 6.07) is 8.01. The highest BCUT2D eigenvalue weighted by Crippen LogP contribution is 2.64. The first-order valence-corrected chi connectivity index (χ1v) is 10.8. The van der Waals surface area contributed by atoms with E-state index in [2.05, 4.69) is 25.8 Å². The highest BCUT2D eigenvalue weighted by Gasteiger charge is 2.33. The molecule has 1 rings (SSSR count). The van der Waals surface area contributed by atoms with E-state index in [4.69, 9.17) is 0 Å². The number of hydrogen-bond acceptors (Lipinski definition) is 3. The molecule has 0 aliphatic rings. The van der Waals surface area contributed by atoms with Crippen LogP contribution >= 0.6 is 18.0 Å². The second kappa shape index (κ2) is 8.76. The van der Waals surface area contributed by atoms with Crippen molar-refractivity contribution < 1.29 is 4.57 Å². The van der Waals surface area contributed by atoms with Crippen molar-refractivity contribution in [3.63, 3.8) is 0 Å². The summed E-state index contributed by atoms with van der Waals surface area (Å²) >= 11 is 1.54. The van der Waals surface area contributed by atoms with Gasteiger partial charge in [0, 0.05) is 11.8 Å². The average molecular weight is 341 g/mol. The molecule has 0 fully saturated rings. The molecule has 0 amide bonds. The van der Waals surface area contributed by atoms with Gasteiger partial charge in [-0.25, -0.2) is 9.66 Å². The largest absolute Gasteiger partial charge is 0.295 e. The Bertz CT molecular complexity index is 531. The van der Waals surface area contributed by atoms with E-state index in [1.165, 1.54) is 5.56 Å². The zero-order chi connectivity index (χ0) is 16.8. The van der Waals surface area contributed by atoms with Crippen LogP contribution in [-0.4, -0.2) is 41.6 Å². The van der Waals surface area contributed by atoms with Crippen molar-refractivity contribution in [3.8, 4) is 0 Å². The molecule has 0 radical (unpaired) electrons. The van der Waals surface area contributed by atoms with E-state index in [9.17, 15) is 4.57 Å². The Morgan fingerprint density at radius 1 is 1.27 bits per heavy atom. The molecule has 0 aliphatic carbocycles. The molecule has 0 bridgehead atoms. The third-order valence-corrected chi connectivity index (χ3v) is 9.95. The summed E-state index contributed by atoms with van der Waals surface area (Å²) in [5.74, 6) is 0. The van der Waals surface area contributed by atoms with Gasteiger partial charge in [-0.3, -0.25) is 9.24 Å². The Morgan fingerprint density at radius 3 is 2.32 bits per heavy atom. The molecular formula is C16H28N3OPS. The van der Waals surface area contributed by atoms with Crippen LogP contribution in [0.15, 0.2) is 29.3 Å². The molecule has 2 atom stereocenters. The normalized spacial score (nSPS) is 16.0. The van der Waals surface area contributed by atoms with Gasteiger partial charge in [0.15, 0.2) is 0 Å². The molecule has 0 N–H and O–H groups in total. The van der Waals surface area contributed by atoms with E-state index in [1.807, 2.05) is 54.6 Å². The van der Waals surface area contributed by atoms with Gasteiger partial charge in [-0.05, 0) is 46.5 Å². The summed E-state index contributed by atoms with van der Waals surface area (Å²) in [7, 11) is 3.75. The van der Waals surface area contributed by atoms with Crippen molar-refractivity contribution in [3.05, 3.63) is 29.8 Å². The summed E-state index contributed by atoms with van der Waals surface area (Å²) in [5.41, 5.74) is 2.08. The third kappa shape index (κ3) is 5.15. The summed E-state index contributed by atoms with van der Waals surface area (Å²) in [6.07, 6.45) is 2.72. The lowest BCUT2D eigenvalue weighted by Gasteiger charge is -2.34. The summed E-state index contributed by atoms with van der Waals surface area (Å²) < 4.78 is 17.1. The lowest BCUT2D eigenvalue weighted by Crippen LogP contribution is -2.25. The van der Waals surface area contributed by atoms with Crippen LogP contribution in [0, 0.1) is 6.92 Å². The molecule has 0 spiro atoms. The van der Waals surface area contributed by atoms with Gasteiger partial charge in [-0.2, -0.15) is 0 Å². The highest BCUT2D eigenvalue weighted by molar-refractivity contribution is 8.57. The SMILES string of the molecule is CCC(C)SP(=O)(N(C)C)N(C=Nc1ccc(C)cc1)CC. The van der Waals surface area contributed by atoms with Crippen LogP contribution in [0.2, 0.25) is 0 Å². The van der Waals surface area contributed by atoms with Gasteiger partial charge in [0.25, 0.3) is 6.65 Å². The Morgan fingerprint density at radius 2 is 1.86 bits per heavy atom. The Balaban J connectivity index is 2.99. The number of aryl methyl sites for hydroxylation is 1. The maximum atomic E-state index is 13.4. The van der Waals surface area contributed by atoms with Crippen LogP contribution in [0.1, 0.15) is 32.8 Å². The van der Waals surface area contributed by atoms with Crippen molar-refractivity contribution in [2.24, 2.45) is 4.99 Å². The monoisotopic (exact) mass is 341 g/mol. The number of rotatable bonds is 8.